The van der Waals surface area contributed by atoms with E-state index in [1.54, 1.807) is 0 Å². The molecule has 0 heterocycles. The number of hydrogen-bond acceptors (Lipinski definition) is 2. The SMILES string of the molecule is CC(C)c1ccc(CN(C)C(=O)C2CCCCC2N)cc1. The lowest BCUT2D eigenvalue weighted by Gasteiger charge is -2.31. The Morgan fingerprint density at radius 3 is 2.43 bits per heavy atom. The van der Waals surface area contributed by atoms with Gasteiger partial charge in [-0.25, -0.2) is 0 Å². The highest BCUT2D eigenvalue weighted by Crippen LogP contribution is 2.25. The van der Waals surface area contributed by atoms with Crippen molar-refractivity contribution in [1.29, 1.82) is 0 Å². The zero-order valence-corrected chi connectivity index (χ0v) is 13.5. The summed E-state index contributed by atoms with van der Waals surface area (Å²) in [4.78, 5) is 14.4. The van der Waals surface area contributed by atoms with Gasteiger partial charge in [0.1, 0.15) is 0 Å². The molecular weight excluding hydrogens is 260 g/mol. The van der Waals surface area contributed by atoms with Crippen LogP contribution in [-0.4, -0.2) is 23.9 Å². The summed E-state index contributed by atoms with van der Waals surface area (Å²) < 4.78 is 0. The molecule has 21 heavy (non-hydrogen) atoms. The molecule has 2 atom stereocenters. The van der Waals surface area contributed by atoms with Crippen molar-refractivity contribution in [1.82, 2.24) is 4.90 Å². The summed E-state index contributed by atoms with van der Waals surface area (Å²) in [5.74, 6) is 0.757. The molecule has 1 aliphatic rings. The van der Waals surface area contributed by atoms with Crippen molar-refractivity contribution in [2.45, 2.75) is 58.0 Å². The maximum Gasteiger partial charge on any atom is 0.227 e. The van der Waals surface area contributed by atoms with Crippen molar-refractivity contribution in [3.8, 4) is 0 Å². The lowest BCUT2D eigenvalue weighted by molar-refractivity contribution is -0.136. The first kappa shape index (κ1) is 16.0. The normalized spacial score (nSPS) is 22.3. The number of carbonyl (C=O) groups is 1. The van der Waals surface area contributed by atoms with Gasteiger partial charge >= 0.3 is 0 Å². The highest BCUT2D eigenvalue weighted by atomic mass is 16.2. The summed E-state index contributed by atoms with van der Waals surface area (Å²) in [6.07, 6.45) is 4.20. The van der Waals surface area contributed by atoms with Gasteiger partial charge in [0, 0.05) is 19.6 Å². The smallest absolute Gasteiger partial charge is 0.227 e. The molecule has 1 amide bonds. The maximum absolute atomic E-state index is 12.5. The second kappa shape index (κ2) is 7.08. The van der Waals surface area contributed by atoms with Crippen molar-refractivity contribution in [3.63, 3.8) is 0 Å². The Morgan fingerprint density at radius 1 is 1.24 bits per heavy atom. The van der Waals surface area contributed by atoms with Gasteiger partial charge in [-0.1, -0.05) is 51.0 Å². The minimum Gasteiger partial charge on any atom is -0.341 e. The van der Waals surface area contributed by atoms with Crippen LogP contribution in [0.3, 0.4) is 0 Å². The van der Waals surface area contributed by atoms with E-state index >= 15 is 0 Å². The van der Waals surface area contributed by atoms with Gasteiger partial charge in [0.05, 0.1) is 5.92 Å². The first-order valence-corrected chi connectivity index (χ1v) is 8.08. The van der Waals surface area contributed by atoms with Crippen LogP contribution in [0, 0.1) is 5.92 Å². The summed E-state index contributed by atoms with van der Waals surface area (Å²) in [5, 5.41) is 0. The fourth-order valence-corrected chi connectivity index (χ4v) is 3.11. The molecule has 3 nitrogen and oxygen atoms in total. The van der Waals surface area contributed by atoms with Crippen LogP contribution in [0.2, 0.25) is 0 Å². The van der Waals surface area contributed by atoms with Gasteiger partial charge in [0.15, 0.2) is 0 Å². The van der Waals surface area contributed by atoms with Crippen LogP contribution in [0.5, 0.6) is 0 Å². The summed E-state index contributed by atoms with van der Waals surface area (Å²) in [6.45, 7) is 5.05. The van der Waals surface area contributed by atoms with Crippen LogP contribution in [0.25, 0.3) is 0 Å². The van der Waals surface area contributed by atoms with Crippen LogP contribution >= 0.6 is 0 Å². The third-order valence-corrected chi connectivity index (χ3v) is 4.58. The van der Waals surface area contributed by atoms with E-state index in [0.717, 1.165) is 25.7 Å². The molecule has 3 heteroatoms. The molecule has 0 aliphatic heterocycles. The fourth-order valence-electron chi connectivity index (χ4n) is 3.11. The van der Waals surface area contributed by atoms with Crippen molar-refractivity contribution in [3.05, 3.63) is 35.4 Å². The number of benzene rings is 1. The summed E-state index contributed by atoms with van der Waals surface area (Å²) in [6, 6.07) is 8.60. The summed E-state index contributed by atoms with van der Waals surface area (Å²) in [7, 11) is 1.89. The molecular formula is C18H28N2O. The summed E-state index contributed by atoms with van der Waals surface area (Å²) >= 11 is 0. The molecule has 2 rings (SSSR count). The van der Waals surface area contributed by atoms with Crippen molar-refractivity contribution >= 4 is 5.91 Å². The Labute approximate surface area is 128 Å². The Hall–Kier alpha value is -1.35. The average molecular weight is 288 g/mol. The average Bonchev–Trinajstić information content (AvgIpc) is 2.47. The number of carbonyl (C=O) groups excluding carboxylic acids is 1. The van der Waals surface area contributed by atoms with Crippen molar-refractivity contribution < 1.29 is 4.79 Å². The zero-order valence-electron chi connectivity index (χ0n) is 13.5. The van der Waals surface area contributed by atoms with Crippen LogP contribution in [-0.2, 0) is 11.3 Å². The number of amides is 1. The van der Waals surface area contributed by atoms with E-state index in [2.05, 4.69) is 38.1 Å². The van der Waals surface area contributed by atoms with Crippen LogP contribution in [0.15, 0.2) is 24.3 Å². The van der Waals surface area contributed by atoms with E-state index in [9.17, 15) is 4.79 Å². The van der Waals surface area contributed by atoms with Gasteiger partial charge in [-0.2, -0.15) is 0 Å². The molecule has 2 unspecified atom stereocenters. The monoisotopic (exact) mass is 288 g/mol. The lowest BCUT2D eigenvalue weighted by Crippen LogP contribution is -2.44. The van der Waals surface area contributed by atoms with Gasteiger partial charge in [-0.15, -0.1) is 0 Å². The minimum atomic E-state index is 0.0127. The van der Waals surface area contributed by atoms with Crippen molar-refractivity contribution in [2.75, 3.05) is 7.05 Å². The summed E-state index contributed by atoms with van der Waals surface area (Å²) in [5.41, 5.74) is 8.63. The predicted molar refractivity (Wildman–Crippen MR) is 86.9 cm³/mol. The largest absolute Gasteiger partial charge is 0.341 e. The van der Waals surface area contributed by atoms with Gasteiger partial charge in [-0.3, -0.25) is 4.79 Å². The highest BCUT2D eigenvalue weighted by molar-refractivity contribution is 5.79. The van der Waals surface area contributed by atoms with E-state index in [0.29, 0.717) is 12.5 Å². The maximum atomic E-state index is 12.5. The molecule has 1 aromatic rings. The van der Waals surface area contributed by atoms with E-state index in [4.69, 9.17) is 5.73 Å². The van der Waals surface area contributed by atoms with Gasteiger partial charge < -0.3 is 10.6 Å². The third-order valence-electron chi connectivity index (χ3n) is 4.58. The van der Waals surface area contributed by atoms with Crippen LogP contribution in [0.1, 0.15) is 56.6 Å². The molecule has 116 valence electrons. The van der Waals surface area contributed by atoms with Crippen LogP contribution < -0.4 is 5.73 Å². The van der Waals surface area contributed by atoms with Crippen LogP contribution in [0.4, 0.5) is 0 Å². The van der Waals surface area contributed by atoms with Gasteiger partial charge in [-0.05, 0) is 29.9 Å². The quantitative estimate of drug-likeness (QED) is 0.924. The molecule has 1 saturated carbocycles. The molecule has 1 aliphatic carbocycles. The third kappa shape index (κ3) is 4.07. The van der Waals surface area contributed by atoms with E-state index < -0.39 is 0 Å². The molecule has 2 N–H and O–H groups in total. The van der Waals surface area contributed by atoms with Gasteiger partial charge in [0.2, 0.25) is 5.91 Å². The fraction of sp³-hybridized carbons (Fsp3) is 0.611. The predicted octanol–water partition coefficient (Wildman–Crippen LogP) is 3.29. The van der Waals surface area contributed by atoms with Crippen molar-refractivity contribution in [2.24, 2.45) is 11.7 Å². The molecule has 0 radical (unpaired) electrons. The molecule has 0 spiro atoms. The van der Waals surface area contributed by atoms with E-state index in [-0.39, 0.29) is 17.9 Å². The Morgan fingerprint density at radius 2 is 1.86 bits per heavy atom. The lowest BCUT2D eigenvalue weighted by atomic mass is 9.84. The van der Waals surface area contributed by atoms with E-state index in [1.165, 1.54) is 11.1 Å². The molecule has 0 bridgehead atoms. The second-order valence-electron chi connectivity index (χ2n) is 6.65. The standard InChI is InChI=1S/C18H28N2O/c1-13(2)15-10-8-14(9-11-15)12-20(3)18(21)16-6-4-5-7-17(16)19/h8-11,13,16-17H,4-7,12,19H2,1-3H3. The minimum absolute atomic E-state index is 0.0127. The Kier molecular flexibility index (Phi) is 5.40. The Balaban J connectivity index is 1.96. The zero-order chi connectivity index (χ0) is 15.4. The molecule has 0 saturated heterocycles. The number of nitrogens with zero attached hydrogens (tertiary/aromatic N) is 1. The van der Waals surface area contributed by atoms with Gasteiger partial charge in [0.25, 0.3) is 0 Å². The first-order valence-electron chi connectivity index (χ1n) is 8.08. The number of nitrogens with two attached hydrogens (primary N) is 1. The molecule has 1 fully saturated rings. The first-order chi connectivity index (χ1) is 9.99. The second-order valence-corrected chi connectivity index (χ2v) is 6.65. The Bertz CT molecular complexity index is 467. The molecule has 1 aromatic carbocycles. The number of hydrogen-bond donors (Lipinski definition) is 1. The number of rotatable bonds is 4. The molecule has 0 aromatic heterocycles. The van der Waals surface area contributed by atoms with E-state index in [1.807, 2.05) is 11.9 Å². The topological polar surface area (TPSA) is 46.3 Å². The highest BCUT2D eigenvalue weighted by Gasteiger charge is 2.30.